The highest BCUT2D eigenvalue weighted by Crippen LogP contribution is 2.29. The standard InChI is InChI=1S/C17H18N4O2/c1-20(2)12-7-9-18-14(11-12)17(23)21-10-8-16(22)19-13-5-3-4-6-15(13)21/h3-7,9,11H,8,10H2,1-2H3,(H,19,22). The average Bonchev–Trinajstić information content (AvgIpc) is 2.72. The van der Waals surface area contributed by atoms with Crippen LogP contribution in [-0.2, 0) is 4.79 Å². The van der Waals surface area contributed by atoms with Gasteiger partial charge in [-0.1, -0.05) is 12.1 Å². The van der Waals surface area contributed by atoms with E-state index in [1.165, 1.54) is 0 Å². The molecule has 1 aromatic heterocycles. The Morgan fingerprint density at radius 1 is 1.26 bits per heavy atom. The zero-order valence-corrected chi connectivity index (χ0v) is 13.1. The Labute approximate surface area is 134 Å². The topological polar surface area (TPSA) is 65.5 Å². The van der Waals surface area contributed by atoms with E-state index >= 15 is 0 Å². The summed E-state index contributed by atoms with van der Waals surface area (Å²) in [6, 6.07) is 10.9. The van der Waals surface area contributed by atoms with Gasteiger partial charge in [-0.25, -0.2) is 0 Å². The van der Waals surface area contributed by atoms with E-state index in [9.17, 15) is 9.59 Å². The number of rotatable bonds is 2. The van der Waals surface area contributed by atoms with E-state index in [0.29, 0.717) is 23.6 Å². The maximum atomic E-state index is 12.9. The van der Waals surface area contributed by atoms with Crippen LogP contribution in [0.25, 0.3) is 0 Å². The van der Waals surface area contributed by atoms with Crippen molar-refractivity contribution < 1.29 is 9.59 Å². The fourth-order valence-electron chi connectivity index (χ4n) is 2.52. The number of hydrogen-bond donors (Lipinski definition) is 1. The predicted molar refractivity (Wildman–Crippen MR) is 89.9 cm³/mol. The van der Waals surface area contributed by atoms with Crippen LogP contribution in [0.2, 0.25) is 0 Å². The zero-order valence-electron chi connectivity index (χ0n) is 13.1. The van der Waals surface area contributed by atoms with Gasteiger partial charge < -0.3 is 15.1 Å². The highest BCUT2D eigenvalue weighted by Gasteiger charge is 2.25. The third kappa shape index (κ3) is 3.01. The summed E-state index contributed by atoms with van der Waals surface area (Å²) >= 11 is 0. The Kier molecular flexibility index (Phi) is 3.97. The molecule has 3 rings (SSSR count). The van der Waals surface area contributed by atoms with Crippen LogP contribution in [0, 0.1) is 0 Å². The fourth-order valence-corrected chi connectivity index (χ4v) is 2.52. The Bertz CT molecular complexity index is 758. The molecule has 0 saturated heterocycles. The number of carbonyl (C=O) groups is 2. The number of fused-ring (bicyclic) bond motifs is 1. The van der Waals surface area contributed by atoms with Crippen LogP contribution in [0.3, 0.4) is 0 Å². The molecule has 1 aliphatic heterocycles. The molecule has 0 aliphatic carbocycles. The third-order valence-corrected chi connectivity index (χ3v) is 3.76. The minimum Gasteiger partial charge on any atom is -0.378 e. The number of pyridine rings is 1. The van der Waals surface area contributed by atoms with Gasteiger partial charge in [0.1, 0.15) is 5.69 Å². The van der Waals surface area contributed by atoms with Crippen molar-refractivity contribution in [3.63, 3.8) is 0 Å². The molecule has 1 aromatic carbocycles. The lowest BCUT2D eigenvalue weighted by Gasteiger charge is -2.22. The molecule has 0 bridgehead atoms. The maximum Gasteiger partial charge on any atom is 0.277 e. The normalized spacial score (nSPS) is 13.8. The van der Waals surface area contributed by atoms with E-state index < -0.39 is 0 Å². The van der Waals surface area contributed by atoms with Gasteiger partial charge in [0.2, 0.25) is 5.91 Å². The summed E-state index contributed by atoms with van der Waals surface area (Å²) in [4.78, 5) is 32.4. The largest absolute Gasteiger partial charge is 0.378 e. The van der Waals surface area contributed by atoms with Gasteiger partial charge in [0.05, 0.1) is 11.4 Å². The second kappa shape index (κ2) is 6.08. The smallest absolute Gasteiger partial charge is 0.277 e. The molecule has 1 aliphatic rings. The minimum absolute atomic E-state index is 0.0947. The van der Waals surface area contributed by atoms with Gasteiger partial charge in [-0.15, -0.1) is 0 Å². The van der Waals surface area contributed by atoms with Crippen LogP contribution in [0.1, 0.15) is 16.9 Å². The van der Waals surface area contributed by atoms with Crippen LogP contribution in [0.5, 0.6) is 0 Å². The quantitative estimate of drug-likeness (QED) is 0.923. The second-order valence-corrected chi connectivity index (χ2v) is 5.57. The number of amides is 2. The van der Waals surface area contributed by atoms with Gasteiger partial charge in [-0.05, 0) is 24.3 Å². The molecule has 6 heteroatoms. The number of benzene rings is 1. The summed E-state index contributed by atoms with van der Waals surface area (Å²) in [6.45, 7) is 0.329. The molecule has 0 atom stereocenters. The van der Waals surface area contributed by atoms with E-state index in [1.54, 1.807) is 23.2 Å². The minimum atomic E-state index is -0.211. The Balaban J connectivity index is 1.99. The molecule has 118 valence electrons. The molecule has 0 fully saturated rings. The van der Waals surface area contributed by atoms with Gasteiger partial charge >= 0.3 is 0 Å². The highest BCUT2D eigenvalue weighted by atomic mass is 16.2. The van der Waals surface area contributed by atoms with Crippen molar-refractivity contribution >= 4 is 28.9 Å². The zero-order chi connectivity index (χ0) is 16.4. The summed E-state index contributed by atoms with van der Waals surface area (Å²) in [5, 5.41) is 2.83. The predicted octanol–water partition coefficient (Wildman–Crippen LogP) is 2.14. The third-order valence-electron chi connectivity index (χ3n) is 3.76. The van der Waals surface area contributed by atoms with Crippen molar-refractivity contribution in [2.24, 2.45) is 0 Å². The lowest BCUT2D eigenvalue weighted by atomic mass is 10.2. The maximum absolute atomic E-state index is 12.9. The van der Waals surface area contributed by atoms with Crippen molar-refractivity contribution in [3.05, 3.63) is 48.3 Å². The second-order valence-electron chi connectivity index (χ2n) is 5.57. The van der Waals surface area contributed by atoms with Gasteiger partial charge in [0.25, 0.3) is 5.91 Å². The average molecular weight is 310 g/mol. The molecule has 2 aromatic rings. The first kappa shape index (κ1) is 15.0. The van der Waals surface area contributed by atoms with Gasteiger partial charge in [0.15, 0.2) is 0 Å². The van der Waals surface area contributed by atoms with Crippen molar-refractivity contribution in [1.29, 1.82) is 0 Å². The van der Waals surface area contributed by atoms with Gasteiger partial charge in [-0.2, -0.15) is 0 Å². The van der Waals surface area contributed by atoms with Gasteiger partial charge in [0, 0.05) is 38.9 Å². The fraction of sp³-hybridized carbons (Fsp3) is 0.235. The number of anilines is 3. The summed E-state index contributed by atoms with van der Waals surface area (Å²) < 4.78 is 0. The number of hydrogen-bond acceptors (Lipinski definition) is 4. The first-order chi connectivity index (χ1) is 11.1. The van der Waals surface area contributed by atoms with Crippen molar-refractivity contribution in [2.45, 2.75) is 6.42 Å². The van der Waals surface area contributed by atoms with Crippen LogP contribution in [0.15, 0.2) is 42.6 Å². The van der Waals surface area contributed by atoms with Crippen LogP contribution < -0.4 is 15.1 Å². The van der Waals surface area contributed by atoms with E-state index in [0.717, 1.165) is 5.69 Å². The Morgan fingerprint density at radius 3 is 2.83 bits per heavy atom. The molecule has 0 spiro atoms. The summed E-state index contributed by atoms with van der Waals surface area (Å²) in [6.07, 6.45) is 1.88. The molecule has 0 saturated carbocycles. The Hall–Kier alpha value is -2.89. The van der Waals surface area contributed by atoms with Crippen molar-refractivity contribution in [2.75, 3.05) is 35.8 Å². The number of carbonyl (C=O) groups excluding carboxylic acids is 2. The SMILES string of the molecule is CN(C)c1ccnc(C(=O)N2CCC(=O)Nc3ccccc32)c1. The number of para-hydroxylation sites is 2. The molecule has 1 N–H and O–H groups in total. The molecular formula is C17H18N4O2. The molecular weight excluding hydrogens is 292 g/mol. The molecule has 0 unspecified atom stereocenters. The monoisotopic (exact) mass is 310 g/mol. The highest BCUT2D eigenvalue weighted by molar-refractivity contribution is 6.09. The molecule has 23 heavy (non-hydrogen) atoms. The molecule has 6 nitrogen and oxygen atoms in total. The number of nitrogens with one attached hydrogen (secondary N) is 1. The lowest BCUT2D eigenvalue weighted by Crippen LogP contribution is -2.32. The number of aromatic nitrogens is 1. The van der Waals surface area contributed by atoms with Crippen LogP contribution in [0.4, 0.5) is 17.1 Å². The number of nitrogens with zero attached hydrogens (tertiary/aromatic N) is 3. The van der Waals surface area contributed by atoms with Crippen LogP contribution >= 0.6 is 0 Å². The summed E-state index contributed by atoms with van der Waals surface area (Å²) in [5.41, 5.74) is 2.61. The van der Waals surface area contributed by atoms with Crippen molar-refractivity contribution in [3.8, 4) is 0 Å². The first-order valence-corrected chi connectivity index (χ1v) is 7.40. The van der Waals surface area contributed by atoms with E-state index in [4.69, 9.17) is 0 Å². The first-order valence-electron chi connectivity index (χ1n) is 7.40. The Morgan fingerprint density at radius 2 is 2.04 bits per heavy atom. The van der Waals surface area contributed by atoms with E-state index in [2.05, 4.69) is 10.3 Å². The van der Waals surface area contributed by atoms with Crippen molar-refractivity contribution in [1.82, 2.24) is 4.98 Å². The van der Waals surface area contributed by atoms with E-state index in [1.807, 2.05) is 43.3 Å². The lowest BCUT2D eigenvalue weighted by molar-refractivity contribution is -0.115. The van der Waals surface area contributed by atoms with Crippen LogP contribution in [-0.4, -0.2) is 37.4 Å². The molecule has 0 radical (unpaired) electrons. The summed E-state index contributed by atoms with van der Waals surface area (Å²) in [7, 11) is 3.82. The van der Waals surface area contributed by atoms with Gasteiger partial charge in [-0.3, -0.25) is 14.6 Å². The molecule has 2 amide bonds. The summed E-state index contributed by atoms with van der Waals surface area (Å²) in [5.74, 6) is -0.305. The molecule has 2 heterocycles. The van der Waals surface area contributed by atoms with E-state index in [-0.39, 0.29) is 18.2 Å².